The summed E-state index contributed by atoms with van der Waals surface area (Å²) in [5.74, 6) is 0. The molecule has 162 valence electrons. The van der Waals surface area contributed by atoms with E-state index in [0.717, 1.165) is 13.8 Å². The van der Waals surface area contributed by atoms with E-state index in [1.807, 2.05) is 0 Å². The molecule has 0 bridgehead atoms. The molecule has 1 saturated heterocycles. The summed E-state index contributed by atoms with van der Waals surface area (Å²) in [6, 6.07) is 0. The number of nitrogens with zero attached hydrogens (tertiary/aromatic N) is 1. The predicted octanol–water partition coefficient (Wildman–Crippen LogP) is 3.57. The van der Waals surface area contributed by atoms with Crippen molar-refractivity contribution in [2.75, 3.05) is 13.2 Å². The number of alkyl halides is 9. The second kappa shape index (κ2) is 7.33. The predicted molar refractivity (Wildman–Crippen MR) is 81.1 cm³/mol. The van der Waals surface area contributed by atoms with Crippen LogP contribution in [0.15, 0.2) is 0 Å². The molecule has 0 aromatic heterocycles. The molecule has 1 aliphatic heterocycles. The highest BCUT2D eigenvalue weighted by molar-refractivity contribution is 14.1. The second-order valence-corrected chi connectivity index (χ2v) is 8.89. The highest BCUT2D eigenvalue weighted by Crippen LogP contribution is 2.50. The van der Waals surface area contributed by atoms with Crippen LogP contribution in [-0.4, -0.2) is 59.3 Å². The third-order valence-electron chi connectivity index (χ3n) is 3.23. The maximum atomic E-state index is 14.0. The maximum absolute atomic E-state index is 14.0. The van der Waals surface area contributed by atoms with Gasteiger partial charge in [0.05, 0.1) is 6.54 Å². The summed E-state index contributed by atoms with van der Waals surface area (Å²) < 4.78 is 137. The quantitative estimate of drug-likeness (QED) is 0.263. The van der Waals surface area contributed by atoms with Gasteiger partial charge >= 0.3 is 21.4 Å². The smallest absolute Gasteiger partial charge is 0.351 e. The first-order valence-electron chi connectivity index (χ1n) is 6.95. The van der Waals surface area contributed by atoms with Gasteiger partial charge in [-0.05, 0) is 20.8 Å². The minimum absolute atomic E-state index is 0.0543. The lowest BCUT2D eigenvalue weighted by Crippen LogP contribution is -2.60. The Morgan fingerprint density at radius 2 is 1.59 bits per heavy atom. The van der Waals surface area contributed by atoms with Crippen LogP contribution in [0.25, 0.3) is 0 Å². The Bertz CT molecular complexity index is 654. The van der Waals surface area contributed by atoms with Crippen molar-refractivity contribution in [2.45, 2.75) is 54.2 Å². The average Bonchev–Trinajstić information content (AvgIpc) is 2.71. The fourth-order valence-electron chi connectivity index (χ4n) is 2.00. The molecule has 6 nitrogen and oxygen atoms in total. The number of sulfonamides is 1. The molecule has 0 aromatic rings. The van der Waals surface area contributed by atoms with Gasteiger partial charge in [0.2, 0.25) is 0 Å². The zero-order valence-electron chi connectivity index (χ0n) is 13.8. The number of halogens is 9. The molecule has 0 N–H and O–H groups in total. The lowest BCUT2D eigenvalue weighted by molar-refractivity contribution is -0.438. The Morgan fingerprint density at radius 1 is 1.11 bits per heavy atom. The second-order valence-electron chi connectivity index (χ2n) is 5.64. The molecule has 0 amide bonds. The van der Waals surface area contributed by atoms with E-state index in [1.54, 1.807) is 0 Å². The minimum Gasteiger partial charge on any atom is -0.351 e. The van der Waals surface area contributed by atoms with E-state index in [2.05, 4.69) is 4.74 Å². The van der Waals surface area contributed by atoms with Gasteiger partial charge in [0.1, 0.15) is 5.72 Å². The molecule has 27 heavy (non-hydrogen) atoms. The van der Waals surface area contributed by atoms with Gasteiger partial charge in [-0.25, -0.2) is 13.2 Å². The van der Waals surface area contributed by atoms with Crippen molar-refractivity contribution in [2.24, 2.45) is 0 Å². The van der Waals surface area contributed by atoms with Gasteiger partial charge < -0.3 is 9.47 Å². The summed E-state index contributed by atoms with van der Waals surface area (Å²) in [6.07, 6.45) is -14.0. The minimum atomic E-state index is -6.51. The molecule has 1 unspecified atom stereocenters. The van der Waals surface area contributed by atoms with Crippen LogP contribution in [-0.2, 0) is 24.2 Å². The fourth-order valence-corrected chi connectivity index (χ4v) is 3.67. The molecule has 16 heteroatoms. The summed E-state index contributed by atoms with van der Waals surface area (Å²) >= 11 is -0.319. The zero-order chi connectivity index (χ0) is 21.7. The molecule has 0 saturated carbocycles. The van der Waals surface area contributed by atoms with E-state index in [9.17, 15) is 43.5 Å². The molecule has 1 atom stereocenters. The third-order valence-corrected chi connectivity index (χ3v) is 5.91. The van der Waals surface area contributed by atoms with E-state index in [4.69, 9.17) is 9.47 Å². The van der Waals surface area contributed by atoms with Crippen molar-refractivity contribution in [1.29, 1.82) is 0 Å². The molecule has 0 aliphatic carbocycles. The van der Waals surface area contributed by atoms with Crippen molar-refractivity contribution in [3.8, 4) is 0 Å². The normalized spacial score (nSPS) is 23.0. The van der Waals surface area contributed by atoms with E-state index in [-0.39, 0.29) is 33.5 Å². The van der Waals surface area contributed by atoms with Crippen LogP contribution in [0.2, 0.25) is 0 Å². The first-order valence-corrected chi connectivity index (χ1v) is 9.47. The largest absolute Gasteiger partial charge is 0.449 e. The first kappa shape index (κ1) is 25.0. The summed E-state index contributed by atoms with van der Waals surface area (Å²) in [5.41, 5.74) is -2.13. The van der Waals surface area contributed by atoms with E-state index < -0.39 is 50.0 Å². The Morgan fingerprint density at radius 3 is 2.00 bits per heavy atom. The Kier molecular flexibility index (Phi) is 6.79. The van der Waals surface area contributed by atoms with E-state index in [1.165, 1.54) is 6.92 Å². The Labute approximate surface area is 162 Å². The number of hydrogen-bond donors (Lipinski definition) is 0. The standard InChI is InChI=1S/C11H14F8INO5S/c1-4-24-6-5-21(7(2,3)25-6)27(22,23)11(18,19)10(16,17)26-9(14,15)8(12,13)20/h6H,4-5H2,1-3H3. The van der Waals surface area contributed by atoms with Gasteiger partial charge in [0.15, 0.2) is 6.29 Å². The van der Waals surface area contributed by atoms with Crippen LogP contribution in [0.1, 0.15) is 20.8 Å². The van der Waals surface area contributed by atoms with Crippen LogP contribution in [0.3, 0.4) is 0 Å². The summed E-state index contributed by atoms with van der Waals surface area (Å²) in [7, 11) is -6.43. The monoisotopic (exact) mass is 551 g/mol. The van der Waals surface area contributed by atoms with Crippen LogP contribution >= 0.6 is 22.6 Å². The molecule has 0 radical (unpaired) electrons. The first-order chi connectivity index (χ1) is 11.7. The lowest BCUT2D eigenvalue weighted by atomic mass is 10.3. The molecular formula is C11H14F8INO5S. The van der Waals surface area contributed by atoms with Crippen LogP contribution < -0.4 is 0 Å². The van der Waals surface area contributed by atoms with Crippen LogP contribution in [0.4, 0.5) is 35.1 Å². The molecule has 1 aliphatic rings. The number of rotatable bonds is 8. The van der Waals surface area contributed by atoms with Gasteiger partial charge in [-0.1, -0.05) is 0 Å². The van der Waals surface area contributed by atoms with Crippen molar-refractivity contribution < 1.29 is 57.8 Å². The van der Waals surface area contributed by atoms with Gasteiger partial charge in [-0.15, -0.1) is 0 Å². The van der Waals surface area contributed by atoms with Crippen molar-refractivity contribution >= 4 is 32.6 Å². The molecule has 1 rings (SSSR count). The molecular weight excluding hydrogens is 537 g/mol. The van der Waals surface area contributed by atoms with Crippen molar-refractivity contribution in [3.63, 3.8) is 0 Å². The van der Waals surface area contributed by atoms with Gasteiger partial charge in [-0.2, -0.15) is 39.4 Å². The van der Waals surface area contributed by atoms with Gasteiger partial charge in [-0.3, -0.25) is 0 Å². The maximum Gasteiger partial charge on any atom is 0.449 e. The van der Waals surface area contributed by atoms with Crippen molar-refractivity contribution in [1.82, 2.24) is 4.31 Å². The van der Waals surface area contributed by atoms with E-state index in [0.29, 0.717) is 0 Å². The topological polar surface area (TPSA) is 65.1 Å². The molecule has 1 heterocycles. The Balaban J connectivity index is 3.27. The lowest BCUT2D eigenvalue weighted by Gasteiger charge is -2.35. The summed E-state index contributed by atoms with van der Waals surface area (Å²) in [4.78, 5) is 0. The average molecular weight is 551 g/mol. The zero-order valence-corrected chi connectivity index (χ0v) is 16.8. The highest BCUT2D eigenvalue weighted by atomic mass is 127. The van der Waals surface area contributed by atoms with E-state index >= 15 is 0 Å². The molecule has 0 spiro atoms. The molecule has 0 aromatic carbocycles. The van der Waals surface area contributed by atoms with Crippen LogP contribution in [0, 0.1) is 0 Å². The SMILES string of the molecule is CCOC1CN(S(=O)(=O)C(F)(F)C(F)(F)OC(F)(F)C(F)(F)I)C(C)(C)O1. The summed E-state index contributed by atoms with van der Waals surface area (Å²) in [5, 5.41) is -6.34. The summed E-state index contributed by atoms with van der Waals surface area (Å²) in [6.45, 7) is 2.23. The molecule has 1 fully saturated rings. The van der Waals surface area contributed by atoms with Crippen molar-refractivity contribution in [3.05, 3.63) is 0 Å². The van der Waals surface area contributed by atoms with Gasteiger partial charge in [0, 0.05) is 29.2 Å². The Hall–Kier alpha value is -0.0400. The highest BCUT2D eigenvalue weighted by Gasteiger charge is 2.75. The fraction of sp³-hybridized carbons (Fsp3) is 1.00. The van der Waals surface area contributed by atoms with Crippen LogP contribution in [0.5, 0.6) is 0 Å². The number of ether oxygens (including phenoxy) is 3. The number of hydrogen-bond acceptors (Lipinski definition) is 5. The third kappa shape index (κ3) is 4.59. The van der Waals surface area contributed by atoms with Gasteiger partial charge in [0.25, 0.3) is 10.0 Å².